The molecule has 0 aliphatic carbocycles. The number of ether oxygens (including phenoxy) is 2. The molecule has 6 nitrogen and oxygen atoms in total. The van der Waals surface area contributed by atoms with Gasteiger partial charge >= 0.3 is 6.18 Å². The van der Waals surface area contributed by atoms with Crippen molar-refractivity contribution in [1.82, 2.24) is 9.97 Å². The standard InChI is InChI=1S/C25H22F5N3O3/c1-13-19(15-8-9-16(26)20(27)21(15)35-3)22(36-24(13,2)25(28,29)30)23(34)33-14-7-10-18(32-12-14)17-6-4-5-11-31-17/h4-13,19,22H,1-3H3,(H,33,34)/t13-,19-,22+,24+/m0/s1. The van der Waals surface area contributed by atoms with Crippen molar-refractivity contribution in [2.45, 2.75) is 37.6 Å². The van der Waals surface area contributed by atoms with Gasteiger partial charge < -0.3 is 14.8 Å². The highest BCUT2D eigenvalue weighted by Gasteiger charge is 2.65. The van der Waals surface area contributed by atoms with Crippen LogP contribution < -0.4 is 10.1 Å². The maximum Gasteiger partial charge on any atom is 0.417 e. The number of benzene rings is 1. The zero-order valence-electron chi connectivity index (χ0n) is 19.4. The molecule has 1 fully saturated rings. The van der Waals surface area contributed by atoms with Crippen molar-refractivity contribution in [2.24, 2.45) is 5.92 Å². The van der Waals surface area contributed by atoms with Crippen molar-refractivity contribution in [3.8, 4) is 17.1 Å². The topological polar surface area (TPSA) is 73.3 Å². The van der Waals surface area contributed by atoms with E-state index in [-0.39, 0.29) is 11.3 Å². The Morgan fingerprint density at radius 1 is 1.08 bits per heavy atom. The van der Waals surface area contributed by atoms with Crippen LogP contribution in [0.2, 0.25) is 0 Å². The molecule has 0 spiro atoms. The monoisotopic (exact) mass is 507 g/mol. The van der Waals surface area contributed by atoms with Gasteiger partial charge in [0.05, 0.1) is 30.4 Å². The van der Waals surface area contributed by atoms with Gasteiger partial charge in [-0.1, -0.05) is 19.1 Å². The highest BCUT2D eigenvalue weighted by molar-refractivity contribution is 5.95. The number of halogens is 5. The van der Waals surface area contributed by atoms with Gasteiger partial charge in [-0.2, -0.15) is 17.6 Å². The van der Waals surface area contributed by atoms with E-state index >= 15 is 0 Å². The fraction of sp³-hybridized carbons (Fsp3) is 0.320. The molecule has 0 saturated carbocycles. The quantitative estimate of drug-likeness (QED) is 0.461. The lowest BCUT2D eigenvalue weighted by atomic mass is 9.77. The van der Waals surface area contributed by atoms with E-state index < -0.39 is 53.0 Å². The van der Waals surface area contributed by atoms with Crippen LogP contribution in [0.4, 0.5) is 27.6 Å². The molecular formula is C25H22F5N3O3. The normalized spacial score (nSPS) is 23.9. The number of carbonyl (C=O) groups excluding carboxylic acids is 1. The summed E-state index contributed by atoms with van der Waals surface area (Å²) in [6.07, 6.45) is -3.62. The number of nitrogens with one attached hydrogen (secondary N) is 1. The molecule has 1 aliphatic heterocycles. The van der Waals surface area contributed by atoms with Gasteiger partial charge in [0.1, 0.15) is 6.10 Å². The number of rotatable bonds is 5. The van der Waals surface area contributed by atoms with Crippen LogP contribution in [0.5, 0.6) is 5.75 Å². The summed E-state index contributed by atoms with van der Waals surface area (Å²) in [6, 6.07) is 10.3. The number of nitrogens with zero attached hydrogens (tertiary/aromatic N) is 2. The number of pyridine rings is 2. The molecule has 1 aromatic carbocycles. The summed E-state index contributed by atoms with van der Waals surface area (Å²) in [6.45, 7) is 2.07. The number of anilines is 1. The van der Waals surface area contributed by atoms with E-state index in [1.54, 1.807) is 30.5 Å². The highest BCUT2D eigenvalue weighted by Crippen LogP contribution is 2.55. The third-order valence-corrected chi connectivity index (χ3v) is 6.53. The van der Waals surface area contributed by atoms with Gasteiger partial charge in [0, 0.05) is 23.6 Å². The first-order valence-corrected chi connectivity index (χ1v) is 10.9. The molecule has 1 saturated heterocycles. The largest absolute Gasteiger partial charge is 0.493 e. The lowest BCUT2D eigenvalue weighted by Crippen LogP contribution is -2.47. The molecule has 1 aliphatic rings. The zero-order chi connectivity index (χ0) is 26.3. The van der Waals surface area contributed by atoms with Gasteiger partial charge in [0.15, 0.2) is 17.2 Å². The molecule has 11 heteroatoms. The highest BCUT2D eigenvalue weighted by atomic mass is 19.4. The van der Waals surface area contributed by atoms with Crippen molar-refractivity contribution in [2.75, 3.05) is 12.4 Å². The van der Waals surface area contributed by atoms with E-state index in [1.807, 2.05) is 0 Å². The Bertz CT molecular complexity index is 1250. The van der Waals surface area contributed by atoms with Crippen LogP contribution in [-0.2, 0) is 9.53 Å². The van der Waals surface area contributed by atoms with Gasteiger partial charge in [0.2, 0.25) is 5.82 Å². The molecule has 2 aromatic heterocycles. The zero-order valence-corrected chi connectivity index (χ0v) is 19.4. The van der Waals surface area contributed by atoms with Crippen molar-refractivity contribution < 1.29 is 36.2 Å². The van der Waals surface area contributed by atoms with Gasteiger partial charge in [-0.15, -0.1) is 0 Å². The fourth-order valence-electron chi connectivity index (χ4n) is 4.39. The summed E-state index contributed by atoms with van der Waals surface area (Å²) in [5.74, 6) is -6.74. The summed E-state index contributed by atoms with van der Waals surface area (Å²) in [4.78, 5) is 21.6. The number of alkyl halides is 3. The number of amides is 1. The average Bonchev–Trinajstić information content (AvgIpc) is 3.13. The Hall–Kier alpha value is -3.60. The first kappa shape index (κ1) is 25.5. The molecule has 4 rings (SSSR count). The van der Waals surface area contributed by atoms with E-state index in [0.717, 1.165) is 26.2 Å². The number of methoxy groups -OCH3 is 1. The Morgan fingerprint density at radius 2 is 1.81 bits per heavy atom. The Morgan fingerprint density at radius 3 is 2.39 bits per heavy atom. The number of aromatic nitrogens is 2. The van der Waals surface area contributed by atoms with Crippen molar-refractivity contribution in [3.63, 3.8) is 0 Å². The van der Waals surface area contributed by atoms with E-state index in [2.05, 4.69) is 15.3 Å². The van der Waals surface area contributed by atoms with Gasteiger partial charge in [-0.25, -0.2) is 4.39 Å². The second-order valence-electron chi connectivity index (χ2n) is 8.58. The Kier molecular flexibility index (Phi) is 6.70. The van der Waals surface area contributed by atoms with Crippen molar-refractivity contribution >= 4 is 11.6 Å². The summed E-state index contributed by atoms with van der Waals surface area (Å²) in [7, 11) is 1.06. The number of hydrogen-bond acceptors (Lipinski definition) is 5. The average molecular weight is 507 g/mol. The molecule has 4 atom stereocenters. The predicted octanol–water partition coefficient (Wildman–Crippen LogP) is 5.51. The van der Waals surface area contributed by atoms with E-state index in [4.69, 9.17) is 9.47 Å². The first-order valence-electron chi connectivity index (χ1n) is 10.9. The molecule has 3 aromatic rings. The van der Waals surface area contributed by atoms with Crippen LogP contribution in [0.1, 0.15) is 25.3 Å². The smallest absolute Gasteiger partial charge is 0.417 e. The lowest BCUT2D eigenvalue weighted by Gasteiger charge is -2.32. The molecule has 1 amide bonds. The number of carbonyl (C=O) groups is 1. The summed E-state index contributed by atoms with van der Waals surface area (Å²) >= 11 is 0. The molecule has 1 N–H and O–H groups in total. The Labute approximate surface area is 203 Å². The van der Waals surface area contributed by atoms with Gasteiger partial charge in [-0.3, -0.25) is 14.8 Å². The molecule has 190 valence electrons. The van der Waals surface area contributed by atoms with Gasteiger partial charge in [-0.05, 0) is 37.3 Å². The van der Waals surface area contributed by atoms with Crippen LogP contribution in [0.25, 0.3) is 11.4 Å². The number of hydrogen-bond donors (Lipinski definition) is 1. The summed E-state index contributed by atoms with van der Waals surface area (Å²) < 4.78 is 80.7. The second-order valence-corrected chi connectivity index (χ2v) is 8.58. The van der Waals surface area contributed by atoms with Crippen LogP contribution in [0.15, 0.2) is 54.9 Å². The first-order chi connectivity index (χ1) is 17.0. The molecule has 0 bridgehead atoms. The minimum Gasteiger partial charge on any atom is -0.493 e. The third-order valence-electron chi connectivity index (χ3n) is 6.53. The van der Waals surface area contributed by atoms with Crippen LogP contribution in [0.3, 0.4) is 0 Å². The van der Waals surface area contributed by atoms with Crippen LogP contribution in [0, 0.1) is 17.6 Å². The minimum absolute atomic E-state index is 0.111. The van der Waals surface area contributed by atoms with Crippen molar-refractivity contribution in [1.29, 1.82) is 0 Å². The van der Waals surface area contributed by atoms with Crippen molar-refractivity contribution in [3.05, 3.63) is 72.1 Å². The fourth-order valence-corrected chi connectivity index (χ4v) is 4.39. The molecule has 0 unspecified atom stereocenters. The SMILES string of the molecule is COc1c([C@H]2[C@H](C(=O)Nc3ccc(-c4ccccn4)nc3)O[C@@](C)(C(F)(F)F)[C@H]2C)ccc(F)c1F. The van der Waals surface area contributed by atoms with E-state index in [1.165, 1.54) is 19.2 Å². The minimum atomic E-state index is -4.85. The third kappa shape index (κ3) is 4.39. The molecule has 3 heterocycles. The molecular weight excluding hydrogens is 485 g/mol. The van der Waals surface area contributed by atoms with E-state index in [0.29, 0.717) is 11.4 Å². The maximum atomic E-state index is 14.4. The lowest BCUT2D eigenvalue weighted by molar-refractivity contribution is -0.272. The molecule has 0 radical (unpaired) electrons. The van der Waals surface area contributed by atoms with E-state index in [9.17, 15) is 26.7 Å². The van der Waals surface area contributed by atoms with Crippen LogP contribution >= 0.6 is 0 Å². The Balaban J connectivity index is 1.68. The molecule has 36 heavy (non-hydrogen) atoms. The second kappa shape index (κ2) is 9.45. The summed E-state index contributed by atoms with van der Waals surface area (Å²) in [5, 5.41) is 2.51. The van der Waals surface area contributed by atoms with Gasteiger partial charge in [0.25, 0.3) is 5.91 Å². The van der Waals surface area contributed by atoms with Crippen LogP contribution in [-0.4, -0.2) is 40.9 Å². The maximum absolute atomic E-state index is 14.4. The predicted molar refractivity (Wildman–Crippen MR) is 120 cm³/mol. The summed E-state index contributed by atoms with van der Waals surface area (Å²) in [5.41, 5.74) is -1.53.